The molecule has 0 heterocycles. The number of nitro groups is 1. The van der Waals surface area contributed by atoms with Gasteiger partial charge in [-0.1, -0.05) is 45.4 Å². The Labute approximate surface area is 112 Å². The lowest BCUT2D eigenvalue weighted by Gasteiger charge is -2.27. The Morgan fingerprint density at radius 2 is 2.06 bits per heavy atom. The summed E-state index contributed by atoms with van der Waals surface area (Å²) in [4.78, 5) is 10.5. The molecule has 5 heteroatoms. The van der Waals surface area contributed by atoms with E-state index in [-0.39, 0.29) is 16.1 Å². The van der Waals surface area contributed by atoms with Crippen LogP contribution < -0.4 is 5.32 Å². The van der Waals surface area contributed by atoms with E-state index in [2.05, 4.69) is 33.0 Å². The Morgan fingerprint density at radius 1 is 1.44 bits per heavy atom. The van der Waals surface area contributed by atoms with Gasteiger partial charge in [0.25, 0.3) is 0 Å². The van der Waals surface area contributed by atoms with E-state index in [1.165, 1.54) is 6.07 Å². The van der Waals surface area contributed by atoms with Crippen LogP contribution in [0.25, 0.3) is 0 Å². The second-order valence-corrected chi connectivity index (χ2v) is 5.95. The number of benzene rings is 1. The summed E-state index contributed by atoms with van der Waals surface area (Å²) >= 11 is 5.85. The highest BCUT2D eigenvalue weighted by atomic mass is 35.5. The van der Waals surface area contributed by atoms with Crippen LogP contribution in [0.1, 0.15) is 27.7 Å². The molecule has 0 radical (unpaired) electrons. The van der Waals surface area contributed by atoms with E-state index in [0.717, 1.165) is 0 Å². The van der Waals surface area contributed by atoms with Gasteiger partial charge in [0, 0.05) is 6.54 Å². The molecule has 0 aliphatic rings. The average Bonchev–Trinajstić information content (AvgIpc) is 2.23. The van der Waals surface area contributed by atoms with Crippen LogP contribution in [0.2, 0.25) is 5.02 Å². The predicted octanol–water partition coefficient (Wildman–Crippen LogP) is 4.34. The first-order chi connectivity index (χ1) is 8.23. The first-order valence-electron chi connectivity index (χ1n) is 5.90. The number of nitrogens with zero attached hydrogens (tertiary/aromatic N) is 1. The zero-order valence-corrected chi connectivity index (χ0v) is 11.9. The van der Waals surface area contributed by atoms with Crippen LogP contribution in [0, 0.1) is 21.4 Å². The van der Waals surface area contributed by atoms with Crippen LogP contribution in [-0.4, -0.2) is 11.5 Å². The van der Waals surface area contributed by atoms with E-state index in [9.17, 15) is 10.1 Å². The van der Waals surface area contributed by atoms with E-state index < -0.39 is 4.92 Å². The summed E-state index contributed by atoms with van der Waals surface area (Å²) in [6.07, 6.45) is 0. The normalized spacial score (nSPS) is 13.2. The molecule has 18 heavy (non-hydrogen) atoms. The van der Waals surface area contributed by atoms with Gasteiger partial charge < -0.3 is 5.32 Å². The van der Waals surface area contributed by atoms with E-state index in [1.807, 2.05) is 0 Å². The van der Waals surface area contributed by atoms with E-state index >= 15 is 0 Å². The monoisotopic (exact) mass is 270 g/mol. The van der Waals surface area contributed by atoms with Gasteiger partial charge in [-0.25, -0.2) is 0 Å². The van der Waals surface area contributed by atoms with Crippen molar-refractivity contribution >= 4 is 23.0 Å². The highest BCUT2D eigenvalue weighted by Gasteiger charge is 2.22. The number of halogens is 1. The molecule has 100 valence electrons. The highest BCUT2D eigenvalue weighted by molar-refractivity contribution is 6.33. The summed E-state index contributed by atoms with van der Waals surface area (Å²) < 4.78 is 0. The lowest BCUT2D eigenvalue weighted by atomic mass is 9.82. The van der Waals surface area contributed by atoms with Crippen molar-refractivity contribution in [2.24, 2.45) is 11.3 Å². The van der Waals surface area contributed by atoms with Crippen LogP contribution in [0.4, 0.5) is 11.4 Å². The molecule has 0 aromatic heterocycles. The molecule has 1 N–H and O–H groups in total. The van der Waals surface area contributed by atoms with Crippen molar-refractivity contribution in [2.45, 2.75) is 27.7 Å². The van der Waals surface area contributed by atoms with E-state index in [4.69, 9.17) is 11.6 Å². The molecule has 4 nitrogen and oxygen atoms in total. The van der Waals surface area contributed by atoms with Gasteiger partial charge in [0.15, 0.2) is 0 Å². The molecule has 0 fully saturated rings. The fraction of sp³-hybridized carbons (Fsp3) is 0.538. The SMILES string of the molecule is CC(CNc1cccc(Cl)c1[N+](=O)[O-])C(C)(C)C. The zero-order valence-electron chi connectivity index (χ0n) is 11.2. The Kier molecular flexibility index (Phi) is 4.57. The minimum absolute atomic E-state index is 0.0553. The van der Waals surface area contributed by atoms with Gasteiger partial charge >= 0.3 is 5.69 Å². The molecule has 1 unspecified atom stereocenters. The number of hydrogen-bond acceptors (Lipinski definition) is 3. The first-order valence-corrected chi connectivity index (χ1v) is 6.28. The van der Waals surface area contributed by atoms with Crippen LogP contribution in [-0.2, 0) is 0 Å². The molecule has 1 rings (SSSR count). The first kappa shape index (κ1) is 14.8. The lowest BCUT2D eigenvalue weighted by Crippen LogP contribution is -2.25. The largest absolute Gasteiger partial charge is 0.379 e. The molecule has 1 atom stereocenters. The van der Waals surface area contributed by atoms with Gasteiger partial charge in [-0.05, 0) is 23.5 Å². The number of rotatable bonds is 4. The van der Waals surface area contributed by atoms with Gasteiger partial charge in [-0.3, -0.25) is 10.1 Å². The van der Waals surface area contributed by atoms with Crippen LogP contribution in [0.5, 0.6) is 0 Å². The zero-order chi connectivity index (χ0) is 13.9. The van der Waals surface area contributed by atoms with Gasteiger partial charge in [0.05, 0.1) is 4.92 Å². The molecule has 0 saturated heterocycles. The number of para-hydroxylation sites is 1. The Morgan fingerprint density at radius 3 is 2.56 bits per heavy atom. The minimum atomic E-state index is -0.452. The smallest absolute Gasteiger partial charge is 0.310 e. The third-order valence-electron chi connectivity index (χ3n) is 3.25. The van der Waals surface area contributed by atoms with Crippen molar-refractivity contribution in [3.63, 3.8) is 0 Å². The summed E-state index contributed by atoms with van der Waals surface area (Å²) in [5, 5.41) is 14.2. The van der Waals surface area contributed by atoms with Crippen LogP contribution in [0.15, 0.2) is 18.2 Å². The van der Waals surface area contributed by atoms with E-state index in [0.29, 0.717) is 18.2 Å². The van der Waals surface area contributed by atoms with Crippen molar-refractivity contribution in [1.29, 1.82) is 0 Å². The fourth-order valence-corrected chi connectivity index (χ4v) is 1.66. The summed E-state index contributed by atoms with van der Waals surface area (Å²) in [7, 11) is 0. The molecular weight excluding hydrogens is 252 g/mol. The summed E-state index contributed by atoms with van der Waals surface area (Å²) in [6.45, 7) is 9.22. The Balaban J connectivity index is 2.86. The topological polar surface area (TPSA) is 55.2 Å². The predicted molar refractivity (Wildman–Crippen MR) is 75.2 cm³/mol. The van der Waals surface area contributed by atoms with Crippen molar-refractivity contribution in [2.75, 3.05) is 11.9 Å². The number of hydrogen-bond donors (Lipinski definition) is 1. The van der Waals surface area contributed by atoms with E-state index in [1.54, 1.807) is 12.1 Å². The highest BCUT2D eigenvalue weighted by Crippen LogP contribution is 2.33. The standard InChI is InChI=1S/C13H19ClN2O2/c1-9(13(2,3)4)8-15-11-7-5-6-10(14)12(11)16(17)18/h5-7,9,15H,8H2,1-4H3. The molecule has 0 amide bonds. The molecule has 1 aromatic rings. The number of nitro benzene ring substituents is 1. The van der Waals surface area contributed by atoms with Gasteiger partial charge in [-0.15, -0.1) is 0 Å². The molecular formula is C13H19ClN2O2. The van der Waals surface area contributed by atoms with Gasteiger partial charge in [-0.2, -0.15) is 0 Å². The fourth-order valence-electron chi connectivity index (χ4n) is 1.41. The average molecular weight is 271 g/mol. The minimum Gasteiger partial charge on any atom is -0.379 e. The third-order valence-corrected chi connectivity index (χ3v) is 3.55. The second-order valence-electron chi connectivity index (χ2n) is 5.54. The summed E-state index contributed by atoms with van der Waals surface area (Å²) in [5.74, 6) is 0.385. The lowest BCUT2D eigenvalue weighted by molar-refractivity contribution is -0.383. The van der Waals surface area contributed by atoms with Gasteiger partial charge in [0.1, 0.15) is 10.7 Å². The van der Waals surface area contributed by atoms with Crippen molar-refractivity contribution in [1.82, 2.24) is 0 Å². The number of anilines is 1. The second kappa shape index (κ2) is 5.57. The number of nitrogens with one attached hydrogen (secondary N) is 1. The van der Waals surface area contributed by atoms with Crippen LogP contribution in [0.3, 0.4) is 0 Å². The molecule has 1 aromatic carbocycles. The quantitative estimate of drug-likeness (QED) is 0.654. The maximum Gasteiger partial charge on any atom is 0.310 e. The molecule has 0 spiro atoms. The van der Waals surface area contributed by atoms with Crippen molar-refractivity contribution in [3.05, 3.63) is 33.3 Å². The Bertz CT molecular complexity index is 441. The van der Waals surface area contributed by atoms with Crippen LogP contribution >= 0.6 is 11.6 Å². The molecule has 0 bridgehead atoms. The van der Waals surface area contributed by atoms with Crippen molar-refractivity contribution in [3.8, 4) is 0 Å². The summed E-state index contributed by atoms with van der Waals surface area (Å²) in [5.41, 5.74) is 0.573. The van der Waals surface area contributed by atoms with Crippen molar-refractivity contribution < 1.29 is 4.92 Å². The maximum absolute atomic E-state index is 11.0. The Hall–Kier alpha value is -1.29. The molecule has 0 aliphatic heterocycles. The third kappa shape index (κ3) is 3.60. The summed E-state index contributed by atoms with van der Waals surface area (Å²) in [6, 6.07) is 4.91. The molecule has 0 saturated carbocycles. The molecule has 0 aliphatic carbocycles. The maximum atomic E-state index is 11.0. The van der Waals surface area contributed by atoms with Gasteiger partial charge in [0.2, 0.25) is 0 Å².